The van der Waals surface area contributed by atoms with Crippen molar-refractivity contribution in [3.8, 4) is 11.3 Å². The minimum atomic E-state index is -3.06. The lowest BCUT2D eigenvalue weighted by atomic mass is 10.1. The van der Waals surface area contributed by atoms with Gasteiger partial charge in [-0.3, -0.25) is 0 Å². The number of alkyl halides is 2. The summed E-state index contributed by atoms with van der Waals surface area (Å²) in [7, 11) is 1.59. The summed E-state index contributed by atoms with van der Waals surface area (Å²) in [6.07, 6.45) is 1.62. The van der Waals surface area contributed by atoms with Gasteiger partial charge in [0, 0.05) is 29.4 Å². The second-order valence-electron chi connectivity index (χ2n) is 6.85. The standard InChI is InChI=1S/C19H21F2N4O2P/c1-11-17(19(20,21)28)14-7-12(8-22-18(14)23-11)15-3-2-4-16(24-15)25-5-6-27-10-13(25)9-26/h2-4,7-8,13,26H,5-6,9-10,28H2,1H3,(H,22,23). The van der Waals surface area contributed by atoms with E-state index in [2.05, 4.69) is 15.0 Å². The summed E-state index contributed by atoms with van der Waals surface area (Å²) >= 11 is 0. The van der Waals surface area contributed by atoms with Gasteiger partial charge in [-0.25, -0.2) is 9.97 Å². The number of H-pyrrole nitrogens is 1. The Kier molecular flexibility index (Phi) is 5.04. The molecular weight excluding hydrogens is 385 g/mol. The van der Waals surface area contributed by atoms with Crippen LogP contribution in [0, 0.1) is 6.92 Å². The summed E-state index contributed by atoms with van der Waals surface area (Å²) < 4.78 is 33.5. The number of nitrogens with one attached hydrogen (secondary N) is 1. The van der Waals surface area contributed by atoms with Crippen molar-refractivity contribution in [1.29, 1.82) is 0 Å². The predicted molar refractivity (Wildman–Crippen MR) is 107 cm³/mol. The van der Waals surface area contributed by atoms with Crippen molar-refractivity contribution in [3.05, 3.63) is 41.7 Å². The minimum absolute atomic E-state index is 0.0331. The fourth-order valence-electron chi connectivity index (χ4n) is 3.62. The first-order valence-corrected chi connectivity index (χ1v) is 9.54. The van der Waals surface area contributed by atoms with Crippen LogP contribution < -0.4 is 4.90 Å². The van der Waals surface area contributed by atoms with E-state index < -0.39 is 5.66 Å². The molecule has 1 fully saturated rings. The highest BCUT2D eigenvalue weighted by atomic mass is 31.0. The zero-order chi connectivity index (χ0) is 19.9. The lowest BCUT2D eigenvalue weighted by molar-refractivity contribution is 0.0723. The molecule has 0 amide bonds. The van der Waals surface area contributed by atoms with E-state index in [1.165, 1.54) is 0 Å². The van der Waals surface area contributed by atoms with Gasteiger partial charge in [-0.05, 0) is 25.1 Å². The predicted octanol–water partition coefficient (Wildman–Crippen LogP) is 3.06. The smallest absolute Gasteiger partial charge is 0.286 e. The van der Waals surface area contributed by atoms with E-state index in [0.717, 1.165) is 0 Å². The van der Waals surface area contributed by atoms with Crippen LogP contribution in [0.2, 0.25) is 0 Å². The van der Waals surface area contributed by atoms with Gasteiger partial charge in [0.2, 0.25) is 0 Å². The van der Waals surface area contributed by atoms with E-state index >= 15 is 0 Å². The number of fused-ring (bicyclic) bond motifs is 1. The number of ether oxygens (including phenoxy) is 1. The van der Waals surface area contributed by atoms with Gasteiger partial charge in [-0.15, -0.1) is 0 Å². The Morgan fingerprint density at radius 2 is 2.25 bits per heavy atom. The summed E-state index contributed by atoms with van der Waals surface area (Å²) in [5.74, 6) is 0.710. The number of rotatable bonds is 4. The van der Waals surface area contributed by atoms with Gasteiger partial charge in [0.05, 0.1) is 37.1 Å². The molecule has 3 aromatic heterocycles. The van der Waals surface area contributed by atoms with Gasteiger partial charge in [-0.2, -0.15) is 8.78 Å². The van der Waals surface area contributed by atoms with E-state index in [4.69, 9.17) is 4.74 Å². The Morgan fingerprint density at radius 3 is 3.00 bits per heavy atom. The molecule has 0 aromatic carbocycles. The Hall–Kier alpha value is -2.15. The minimum Gasteiger partial charge on any atom is -0.394 e. The number of anilines is 1. The number of aliphatic hydroxyl groups is 1. The molecule has 2 atom stereocenters. The molecule has 4 rings (SSSR count). The number of nitrogens with zero attached hydrogens (tertiary/aromatic N) is 3. The molecule has 9 heteroatoms. The summed E-state index contributed by atoms with van der Waals surface area (Å²) in [6, 6.07) is 7.07. The molecule has 3 aromatic rings. The SMILES string of the molecule is Cc1[nH]c2ncc(-c3cccc(N4CCOCC4CO)n3)cc2c1C(F)(F)P. The van der Waals surface area contributed by atoms with E-state index in [1.807, 2.05) is 23.1 Å². The van der Waals surface area contributed by atoms with E-state index in [-0.39, 0.29) is 18.2 Å². The molecule has 0 aliphatic carbocycles. The maximum Gasteiger partial charge on any atom is 0.286 e. The van der Waals surface area contributed by atoms with E-state index in [0.29, 0.717) is 53.6 Å². The highest BCUT2D eigenvalue weighted by molar-refractivity contribution is 7.17. The molecule has 28 heavy (non-hydrogen) atoms. The van der Waals surface area contributed by atoms with Gasteiger partial charge in [0.15, 0.2) is 0 Å². The highest BCUT2D eigenvalue weighted by Crippen LogP contribution is 2.41. The number of halogens is 2. The van der Waals surface area contributed by atoms with Crippen LogP contribution in [0.1, 0.15) is 11.3 Å². The Morgan fingerprint density at radius 1 is 1.43 bits per heavy atom. The number of morpholine rings is 1. The zero-order valence-corrected chi connectivity index (χ0v) is 16.5. The van der Waals surface area contributed by atoms with Crippen molar-refractivity contribution in [1.82, 2.24) is 15.0 Å². The van der Waals surface area contributed by atoms with Crippen LogP contribution in [0.4, 0.5) is 14.6 Å². The average molecular weight is 406 g/mol. The first-order valence-electron chi connectivity index (χ1n) is 8.96. The van der Waals surface area contributed by atoms with Crippen molar-refractivity contribution in [2.45, 2.75) is 18.6 Å². The van der Waals surface area contributed by atoms with Crippen LogP contribution in [0.5, 0.6) is 0 Å². The third kappa shape index (κ3) is 3.48. The summed E-state index contributed by atoms with van der Waals surface area (Å²) in [6.45, 7) is 3.20. The second kappa shape index (κ2) is 7.35. The molecule has 0 bridgehead atoms. The van der Waals surface area contributed by atoms with Crippen molar-refractivity contribution in [3.63, 3.8) is 0 Å². The van der Waals surface area contributed by atoms with Crippen molar-refractivity contribution in [2.75, 3.05) is 31.3 Å². The maximum atomic E-state index is 14.1. The molecule has 1 saturated heterocycles. The maximum absolute atomic E-state index is 14.1. The van der Waals surface area contributed by atoms with Gasteiger partial charge >= 0.3 is 0 Å². The second-order valence-corrected chi connectivity index (χ2v) is 7.58. The molecule has 4 heterocycles. The molecule has 0 spiro atoms. The first-order chi connectivity index (χ1) is 13.4. The number of aromatic amines is 1. The number of aryl methyl sites for hydroxylation is 1. The van der Waals surface area contributed by atoms with Gasteiger partial charge in [0.25, 0.3) is 5.66 Å². The largest absolute Gasteiger partial charge is 0.394 e. The third-order valence-corrected chi connectivity index (χ3v) is 5.22. The molecular formula is C19H21F2N4O2P. The van der Waals surface area contributed by atoms with Crippen molar-refractivity contribution < 1.29 is 18.6 Å². The molecule has 6 nitrogen and oxygen atoms in total. The van der Waals surface area contributed by atoms with E-state index in [1.54, 1.807) is 28.4 Å². The molecule has 2 N–H and O–H groups in total. The lowest BCUT2D eigenvalue weighted by Crippen LogP contribution is -2.48. The number of aliphatic hydroxyl groups excluding tert-OH is 1. The lowest BCUT2D eigenvalue weighted by Gasteiger charge is -2.35. The molecule has 0 saturated carbocycles. The Labute approximate surface area is 163 Å². The van der Waals surface area contributed by atoms with Crippen LogP contribution >= 0.6 is 9.24 Å². The van der Waals surface area contributed by atoms with Crippen LogP contribution in [-0.2, 0) is 10.4 Å². The van der Waals surface area contributed by atoms with Crippen molar-refractivity contribution >= 4 is 26.1 Å². The fraction of sp³-hybridized carbons (Fsp3) is 0.368. The van der Waals surface area contributed by atoms with Crippen LogP contribution in [-0.4, -0.2) is 52.5 Å². The van der Waals surface area contributed by atoms with Gasteiger partial charge in [0.1, 0.15) is 11.5 Å². The zero-order valence-electron chi connectivity index (χ0n) is 15.3. The van der Waals surface area contributed by atoms with Gasteiger partial charge in [-0.1, -0.05) is 15.3 Å². The van der Waals surface area contributed by atoms with Crippen LogP contribution in [0.15, 0.2) is 30.5 Å². The normalized spacial score (nSPS) is 18.0. The van der Waals surface area contributed by atoms with Crippen LogP contribution in [0.3, 0.4) is 0 Å². The highest BCUT2D eigenvalue weighted by Gasteiger charge is 2.31. The molecule has 1 aliphatic rings. The summed E-state index contributed by atoms with van der Waals surface area (Å²) in [4.78, 5) is 13.9. The molecule has 0 radical (unpaired) electrons. The molecule has 148 valence electrons. The Bertz CT molecular complexity index is 1010. The summed E-state index contributed by atoms with van der Waals surface area (Å²) in [5.41, 5.74) is -1.04. The topological polar surface area (TPSA) is 74.3 Å². The molecule has 2 unspecified atom stereocenters. The first kappa shape index (κ1) is 19.2. The number of hydrogen-bond acceptors (Lipinski definition) is 5. The average Bonchev–Trinajstić information content (AvgIpc) is 3.03. The number of hydrogen-bond donors (Lipinski definition) is 2. The number of aromatic nitrogens is 3. The monoisotopic (exact) mass is 406 g/mol. The quantitative estimate of drug-likeness (QED) is 0.652. The van der Waals surface area contributed by atoms with Gasteiger partial charge < -0.3 is 19.7 Å². The van der Waals surface area contributed by atoms with E-state index in [9.17, 15) is 13.9 Å². The van der Waals surface area contributed by atoms with Crippen molar-refractivity contribution in [2.24, 2.45) is 0 Å². The third-order valence-electron chi connectivity index (χ3n) is 4.93. The van der Waals surface area contributed by atoms with Crippen LogP contribution in [0.25, 0.3) is 22.3 Å². The number of pyridine rings is 2. The molecule has 1 aliphatic heterocycles. The summed E-state index contributed by atoms with van der Waals surface area (Å²) in [5, 5.41) is 9.98. The Balaban J connectivity index is 1.76. The fourth-order valence-corrected chi connectivity index (χ4v) is 3.99.